The van der Waals surface area contributed by atoms with Gasteiger partial charge in [0.15, 0.2) is 10.1 Å². The van der Waals surface area contributed by atoms with Crippen LogP contribution in [0.3, 0.4) is 0 Å². The third-order valence-electron chi connectivity index (χ3n) is 7.39. The van der Waals surface area contributed by atoms with Crippen LogP contribution in [0.5, 0.6) is 5.75 Å². The minimum atomic E-state index is -0.980. The molecule has 3 aromatic heterocycles. The topological polar surface area (TPSA) is 110 Å². The summed E-state index contributed by atoms with van der Waals surface area (Å²) in [6, 6.07) is 15.2. The SMILES string of the molecule is CCCOc1ccc(C2/C(=C(\O)c3nc4c(C)cccn4c3C)C(=O)C(=O)N2c2nnc(SCc3ccc(Cl)cc3Cl)s2)cc1. The average molecular weight is 681 g/mol. The van der Waals surface area contributed by atoms with Gasteiger partial charge in [-0.05, 0) is 67.3 Å². The number of Topliss-reactive ketones (excluding diaryl/α,β-unsaturated/α-hetero) is 1. The van der Waals surface area contributed by atoms with Crippen molar-refractivity contribution in [2.75, 3.05) is 11.5 Å². The third-order valence-corrected chi connectivity index (χ3v) is 10.1. The molecule has 1 unspecified atom stereocenters. The van der Waals surface area contributed by atoms with Gasteiger partial charge in [-0.1, -0.05) is 77.5 Å². The molecule has 9 nitrogen and oxygen atoms in total. The van der Waals surface area contributed by atoms with E-state index in [4.69, 9.17) is 27.9 Å². The van der Waals surface area contributed by atoms with Crippen molar-refractivity contribution in [2.24, 2.45) is 0 Å². The first-order valence-corrected chi connectivity index (χ1v) is 16.6. The molecule has 1 amide bonds. The molecule has 1 saturated heterocycles. The Bertz CT molecular complexity index is 1970. The first-order chi connectivity index (χ1) is 21.7. The van der Waals surface area contributed by atoms with E-state index < -0.39 is 17.7 Å². The monoisotopic (exact) mass is 679 g/mol. The van der Waals surface area contributed by atoms with Crippen LogP contribution in [0.15, 0.2) is 70.7 Å². The van der Waals surface area contributed by atoms with Gasteiger partial charge in [-0.3, -0.25) is 14.5 Å². The van der Waals surface area contributed by atoms with Gasteiger partial charge in [-0.2, -0.15) is 0 Å². The lowest BCUT2D eigenvalue weighted by molar-refractivity contribution is -0.132. The number of ketones is 1. The Balaban J connectivity index is 1.42. The maximum Gasteiger partial charge on any atom is 0.301 e. The summed E-state index contributed by atoms with van der Waals surface area (Å²) in [5.41, 5.74) is 3.79. The molecular formula is C32H27Cl2N5O4S2. The lowest BCUT2D eigenvalue weighted by atomic mass is 9.96. The zero-order valence-electron chi connectivity index (χ0n) is 24.5. The highest BCUT2D eigenvalue weighted by atomic mass is 35.5. The summed E-state index contributed by atoms with van der Waals surface area (Å²) in [5.74, 6) is -0.865. The van der Waals surface area contributed by atoms with Crippen LogP contribution >= 0.6 is 46.3 Å². The molecule has 1 aliphatic rings. The second kappa shape index (κ2) is 12.8. The molecule has 1 fully saturated rings. The van der Waals surface area contributed by atoms with Crippen LogP contribution in [-0.4, -0.2) is 43.0 Å². The number of aliphatic hydroxyl groups is 1. The highest BCUT2D eigenvalue weighted by Crippen LogP contribution is 2.44. The van der Waals surface area contributed by atoms with Crippen LogP contribution in [0.25, 0.3) is 11.4 Å². The van der Waals surface area contributed by atoms with Crippen molar-refractivity contribution in [2.45, 2.75) is 43.3 Å². The number of anilines is 1. The summed E-state index contributed by atoms with van der Waals surface area (Å²) in [6.07, 6.45) is 2.69. The Kier molecular flexibility index (Phi) is 8.87. The number of carbonyl (C=O) groups excluding carboxylic acids is 2. The second-order valence-corrected chi connectivity index (χ2v) is 13.4. The van der Waals surface area contributed by atoms with Gasteiger partial charge >= 0.3 is 5.91 Å². The average Bonchev–Trinajstić information content (AvgIpc) is 3.71. The van der Waals surface area contributed by atoms with Crippen molar-refractivity contribution in [3.63, 3.8) is 0 Å². The van der Waals surface area contributed by atoms with E-state index >= 15 is 0 Å². The maximum atomic E-state index is 13.7. The van der Waals surface area contributed by atoms with Crippen molar-refractivity contribution >= 4 is 74.5 Å². The van der Waals surface area contributed by atoms with E-state index in [1.807, 2.05) is 42.6 Å². The van der Waals surface area contributed by atoms with Gasteiger partial charge in [0.1, 0.15) is 17.1 Å². The van der Waals surface area contributed by atoms with Crippen LogP contribution in [-0.2, 0) is 15.3 Å². The Hall–Kier alpha value is -3.90. The predicted octanol–water partition coefficient (Wildman–Crippen LogP) is 7.82. The van der Waals surface area contributed by atoms with Gasteiger partial charge in [0, 0.05) is 22.0 Å². The van der Waals surface area contributed by atoms with Gasteiger partial charge in [0.25, 0.3) is 5.78 Å². The minimum Gasteiger partial charge on any atom is -0.505 e. The van der Waals surface area contributed by atoms with Crippen LogP contribution in [0.1, 0.15) is 47.5 Å². The number of nitrogens with zero attached hydrogens (tertiary/aromatic N) is 5. The highest BCUT2D eigenvalue weighted by Gasteiger charge is 2.49. The first-order valence-electron chi connectivity index (χ1n) is 14.1. The molecule has 1 N–H and O–H groups in total. The molecule has 1 atom stereocenters. The number of thioether (sulfide) groups is 1. The number of aliphatic hydroxyl groups excluding tert-OH is 1. The first kappa shape index (κ1) is 31.1. The Morgan fingerprint density at radius 1 is 1.09 bits per heavy atom. The second-order valence-electron chi connectivity index (χ2n) is 10.4. The van der Waals surface area contributed by atoms with E-state index in [9.17, 15) is 14.7 Å². The largest absolute Gasteiger partial charge is 0.505 e. The van der Waals surface area contributed by atoms with E-state index in [2.05, 4.69) is 15.2 Å². The van der Waals surface area contributed by atoms with Crippen molar-refractivity contribution in [3.8, 4) is 5.75 Å². The number of imidazole rings is 1. The van der Waals surface area contributed by atoms with Crippen molar-refractivity contribution in [3.05, 3.63) is 104 Å². The van der Waals surface area contributed by atoms with Crippen molar-refractivity contribution < 1.29 is 19.4 Å². The number of amides is 1. The number of pyridine rings is 1. The highest BCUT2D eigenvalue weighted by molar-refractivity contribution is 8.00. The molecular weight excluding hydrogens is 653 g/mol. The number of hydrogen-bond donors (Lipinski definition) is 1. The van der Waals surface area contributed by atoms with Crippen LogP contribution in [0.4, 0.5) is 5.13 Å². The molecule has 45 heavy (non-hydrogen) atoms. The summed E-state index contributed by atoms with van der Waals surface area (Å²) in [7, 11) is 0. The lowest BCUT2D eigenvalue weighted by Gasteiger charge is -2.22. The fraction of sp³-hybridized carbons (Fsp3) is 0.219. The summed E-state index contributed by atoms with van der Waals surface area (Å²) in [4.78, 5) is 33.4. The fourth-order valence-corrected chi connectivity index (χ4v) is 7.55. The number of aromatic nitrogens is 4. The molecule has 2 aromatic carbocycles. The number of ether oxygens (including phenoxy) is 1. The molecule has 1 aliphatic heterocycles. The van der Waals surface area contributed by atoms with Crippen LogP contribution in [0.2, 0.25) is 10.0 Å². The Morgan fingerprint density at radius 3 is 2.58 bits per heavy atom. The van der Waals surface area contributed by atoms with Gasteiger partial charge in [-0.25, -0.2) is 4.98 Å². The number of halogens is 2. The lowest BCUT2D eigenvalue weighted by Crippen LogP contribution is -2.29. The Labute approximate surface area is 277 Å². The van der Waals surface area contributed by atoms with E-state index in [0.29, 0.717) is 49.4 Å². The molecule has 4 heterocycles. The summed E-state index contributed by atoms with van der Waals surface area (Å²) in [5, 5.41) is 21.6. The molecule has 0 radical (unpaired) electrons. The number of benzene rings is 2. The van der Waals surface area contributed by atoms with E-state index in [1.54, 1.807) is 43.3 Å². The maximum absolute atomic E-state index is 13.7. The smallest absolute Gasteiger partial charge is 0.301 e. The Morgan fingerprint density at radius 2 is 1.87 bits per heavy atom. The molecule has 6 rings (SSSR count). The third kappa shape index (κ3) is 5.93. The number of carbonyl (C=O) groups is 2. The predicted molar refractivity (Wildman–Crippen MR) is 178 cm³/mol. The molecule has 230 valence electrons. The summed E-state index contributed by atoms with van der Waals surface area (Å²) < 4.78 is 8.17. The molecule has 0 aliphatic carbocycles. The fourth-order valence-electron chi connectivity index (χ4n) is 5.12. The zero-order valence-corrected chi connectivity index (χ0v) is 27.6. The van der Waals surface area contributed by atoms with Gasteiger partial charge in [-0.15, -0.1) is 10.2 Å². The van der Waals surface area contributed by atoms with Gasteiger partial charge < -0.3 is 14.2 Å². The number of hydrogen-bond acceptors (Lipinski definition) is 9. The number of aryl methyl sites for hydroxylation is 2. The van der Waals surface area contributed by atoms with Crippen molar-refractivity contribution in [1.82, 2.24) is 19.6 Å². The normalized spacial score (nSPS) is 16.2. The quantitative estimate of drug-likeness (QED) is 0.0552. The molecule has 13 heteroatoms. The summed E-state index contributed by atoms with van der Waals surface area (Å²) >= 11 is 14.9. The molecule has 5 aromatic rings. The number of fused-ring (bicyclic) bond motifs is 1. The van der Waals surface area contributed by atoms with Gasteiger partial charge in [0.05, 0.1) is 23.9 Å². The number of rotatable bonds is 9. The zero-order chi connectivity index (χ0) is 31.8. The molecule has 0 saturated carbocycles. The summed E-state index contributed by atoms with van der Waals surface area (Å²) in [6.45, 7) is 6.29. The van der Waals surface area contributed by atoms with Crippen LogP contribution < -0.4 is 9.64 Å². The van der Waals surface area contributed by atoms with Crippen molar-refractivity contribution in [1.29, 1.82) is 0 Å². The standard InChI is InChI=1S/C32H27Cl2N5O4S2/c1-4-14-43-22-11-8-19(9-12-22)26-24(27(40)25-18(3)38-13-5-6-17(2)29(38)35-25)28(41)30(42)39(26)31-36-37-32(45-31)44-16-20-7-10-21(33)15-23(20)34/h5-13,15,26,40H,4,14,16H2,1-3H3/b27-24+. The minimum absolute atomic E-state index is 0.0799. The molecule has 0 spiro atoms. The van der Waals surface area contributed by atoms with Crippen LogP contribution in [0, 0.1) is 13.8 Å². The van der Waals surface area contributed by atoms with Gasteiger partial charge in [0.2, 0.25) is 5.13 Å². The van der Waals surface area contributed by atoms with E-state index in [1.165, 1.54) is 28.0 Å². The molecule has 0 bridgehead atoms. The van der Waals surface area contributed by atoms with E-state index in [-0.39, 0.29) is 22.2 Å². The van der Waals surface area contributed by atoms with E-state index in [0.717, 1.165) is 17.5 Å².